The summed E-state index contributed by atoms with van der Waals surface area (Å²) in [5, 5.41) is 0. The van der Waals surface area contributed by atoms with Crippen molar-refractivity contribution in [2.75, 3.05) is 14.2 Å². The Hall–Kier alpha value is -2.29. The van der Waals surface area contributed by atoms with Crippen molar-refractivity contribution in [3.05, 3.63) is 59.2 Å². The molecule has 0 unspecified atom stereocenters. The maximum absolute atomic E-state index is 12.5. The van der Waals surface area contributed by atoms with Gasteiger partial charge in [0.25, 0.3) is 0 Å². The number of para-hydroxylation sites is 1. The van der Waals surface area contributed by atoms with E-state index in [1.807, 2.05) is 12.1 Å². The number of hydrogen-bond acceptors (Lipinski definition) is 3. The molecule has 3 nitrogen and oxygen atoms in total. The van der Waals surface area contributed by atoms with E-state index in [4.69, 9.17) is 9.47 Å². The molecule has 0 N–H and O–H groups in total. The van der Waals surface area contributed by atoms with Crippen molar-refractivity contribution in [3.8, 4) is 11.5 Å². The molecule has 0 saturated carbocycles. The smallest absolute Gasteiger partial charge is 0.171 e. The Morgan fingerprint density at radius 2 is 1.62 bits per heavy atom. The van der Waals surface area contributed by atoms with Gasteiger partial charge in [0.15, 0.2) is 17.3 Å². The lowest BCUT2D eigenvalue weighted by Crippen LogP contribution is -2.06. The lowest BCUT2D eigenvalue weighted by Gasteiger charge is -2.11. The van der Waals surface area contributed by atoms with Crippen LogP contribution in [0.4, 0.5) is 0 Å². The van der Waals surface area contributed by atoms with Crippen LogP contribution in [0.3, 0.4) is 0 Å². The Balaban J connectivity index is 2.23. The lowest BCUT2D eigenvalue weighted by molar-refractivity contribution is 0.0989. The van der Waals surface area contributed by atoms with E-state index >= 15 is 0 Å². The molecular formula is C18H20O3. The average Bonchev–Trinajstić information content (AvgIpc) is 2.54. The van der Waals surface area contributed by atoms with E-state index in [-0.39, 0.29) is 5.78 Å². The fourth-order valence-corrected chi connectivity index (χ4v) is 2.28. The molecule has 0 bridgehead atoms. The van der Waals surface area contributed by atoms with E-state index in [1.165, 1.54) is 5.56 Å². The molecule has 2 rings (SSSR count). The van der Waals surface area contributed by atoms with Gasteiger partial charge >= 0.3 is 0 Å². The summed E-state index contributed by atoms with van der Waals surface area (Å²) < 4.78 is 10.5. The van der Waals surface area contributed by atoms with E-state index in [1.54, 1.807) is 32.4 Å². The summed E-state index contributed by atoms with van der Waals surface area (Å²) in [6.45, 7) is 2.11. The van der Waals surface area contributed by atoms with Crippen molar-refractivity contribution in [2.24, 2.45) is 0 Å². The summed E-state index contributed by atoms with van der Waals surface area (Å²) in [5.41, 5.74) is 2.82. The summed E-state index contributed by atoms with van der Waals surface area (Å²) in [6.07, 6.45) is 1.35. The van der Waals surface area contributed by atoms with Gasteiger partial charge in [-0.1, -0.05) is 37.3 Å². The van der Waals surface area contributed by atoms with E-state index in [2.05, 4.69) is 19.1 Å². The first-order valence-corrected chi connectivity index (χ1v) is 7.01. The predicted octanol–water partition coefficient (Wildman–Crippen LogP) is 3.69. The zero-order chi connectivity index (χ0) is 15.2. The van der Waals surface area contributed by atoms with Crippen LogP contribution in [0.1, 0.15) is 28.4 Å². The minimum absolute atomic E-state index is 0.0231. The normalized spacial score (nSPS) is 10.2. The molecule has 2 aromatic carbocycles. The molecule has 0 fully saturated rings. The molecule has 3 heteroatoms. The highest BCUT2D eigenvalue weighted by Crippen LogP contribution is 2.31. The molecular weight excluding hydrogens is 264 g/mol. The molecule has 0 aromatic heterocycles. The summed E-state index contributed by atoms with van der Waals surface area (Å²) >= 11 is 0. The number of ether oxygens (including phenoxy) is 2. The largest absolute Gasteiger partial charge is 0.493 e. The van der Waals surface area contributed by atoms with E-state index in [9.17, 15) is 4.79 Å². The van der Waals surface area contributed by atoms with Crippen molar-refractivity contribution in [2.45, 2.75) is 19.8 Å². The molecule has 0 aliphatic heterocycles. The van der Waals surface area contributed by atoms with Crippen LogP contribution in [0.5, 0.6) is 11.5 Å². The second-order valence-corrected chi connectivity index (χ2v) is 4.81. The molecule has 0 spiro atoms. The average molecular weight is 284 g/mol. The van der Waals surface area contributed by atoms with Gasteiger partial charge in [-0.2, -0.15) is 0 Å². The molecule has 0 aliphatic rings. The number of benzene rings is 2. The molecule has 0 atom stereocenters. The Morgan fingerprint density at radius 3 is 2.19 bits per heavy atom. The zero-order valence-corrected chi connectivity index (χ0v) is 12.7. The summed E-state index contributed by atoms with van der Waals surface area (Å²) in [7, 11) is 3.11. The number of carbonyl (C=O) groups excluding carboxylic acids is 1. The van der Waals surface area contributed by atoms with E-state index < -0.39 is 0 Å². The van der Waals surface area contributed by atoms with Crippen molar-refractivity contribution < 1.29 is 14.3 Å². The van der Waals surface area contributed by atoms with Gasteiger partial charge in [-0.3, -0.25) is 4.79 Å². The summed E-state index contributed by atoms with van der Waals surface area (Å²) in [6, 6.07) is 13.5. The van der Waals surface area contributed by atoms with Crippen LogP contribution in [0, 0.1) is 0 Å². The quantitative estimate of drug-likeness (QED) is 0.759. The third-order valence-electron chi connectivity index (χ3n) is 3.50. The van der Waals surface area contributed by atoms with Crippen molar-refractivity contribution in [3.63, 3.8) is 0 Å². The SMILES string of the molecule is CCc1ccc(CC(=O)c2cccc(OC)c2OC)cc1. The van der Waals surface area contributed by atoms with Gasteiger partial charge in [0.05, 0.1) is 19.8 Å². The molecule has 110 valence electrons. The third-order valence-corrected chi connectivity index (χ3v) is 3.50. The predicted molar refractivity (Wildman–Crippen MR) is 83.4 cm³/mol. The zero-order valence-electron chi connectivity index (χ0n) is 12.7. The Labute approximate surface area is 125 Å². The van der Waals surface area contributed by atoms with E-state index in [0.29, 0.717) is 23.5 Å². The van der Waals surface area contributed by atoms with Gasteiger partial charge in [0.2, 0.25) is 0 Å². The van der Waals surface area contributed by atoms with Gasteiger partial charge in [0, 0.05) is 6.42 Å². The maximum atomic E-state index is 12.5. The highest BCUT2D eigenvalue weighted by Gasteiger charge is 2.16. The standard InChI is InChI=1S/C18H20O3/c1-4-13-8-10-14(11-9-13)12-16(19)15-6-5-7-17(20-2)18(15)21-3/h5-11H,4,12H2,1-3H3. The van der Waals surface area contributed by atoms with Crippen LogP contribution < -0.4 is 9.47 Å². The van der Waals surface area contributed by atoms with Crippen LogP contribution in [0.15, 0.2) is 42.5 Å². The van der Waals surface area contributed by atoms with Gasteiger partial charge < -0.3 is 9.47 Å². The number of Topliss-reactive ketones (excluding diaryl/α,β-unsaturated/α-hetero) is 1. The van der Waals surface area contributed by atoms with Gasteiger partial charge in [0.1, 0.15) is 0 Å². The molecule has 0 saturated heterocycles. The lowest BCUT2D eigenvalue weighted by atomic mass is 10.0. The Morgan fingerprint density at radius 1 is 0.952 bits per heavy atom. The Kier molecular flexibility index (Phi) is 4.99. The van der Waals surface area contributed by atoms with Gasteiger partial charge in [-0.05, 0) is 29.7 Å². The number of ketones is 1. The monoisotopic (exact) mass is 284 g/mol. The van der Waals surface area contributed by atoms with Crippen molar-refractivity contribution in [1.29, 1.82) is 0 Å². The fraction of sp³-hybridized carbons (Fsp3) is 0.278. The first-order chi connectivity index (χ1) is 10.2. The summed E-state index contributed by atoms with van der Waals surface area (Å²) in [4.78, 5) is 12.5. The van der Waals surface area contributed by atoms with Crippen LogP contribution >= 0.6 is 0 Å². The van der Waals surface area contributed by atoms with Gasteiger partial charge in [-0.25, -0.2) is 0 Å². The molecule has 0 radical (unpaired) electrons. The van der Waals surface area contributed by atoms with Crippen molar-refractivity contribution in [1.82, 2.24) is 0 Å². The molecule has 0 amide bonds. The van der Waals surface area contributed by atoms with Crippen LogP contribution in [0.25, 0.3) is 0 Å². The molecule has 2 aromatic rings. The number of methoxy groups -OCH3 is 2. The van der Waals surface area contributed by atoms with E-state index in [0.717, 1.165) is 12.0 Å². The highest BCUT2D eigenvalue weighted by molar-refractivity contribution is 6.00. The van der Waals surface area contributed by atoms with Crippen molar-refractivity contribution >= 4 is 5.78 Å². The number of carbonyl (C=O) groups is 1. The number of hydrogen-bond donors (Lipinski definition) is 0. The van der Waals surface area contributed by atoms with Crippen LogP contribution in [-0.2, 0) is 12.8 Å². The minimum Gasteiger partial charge on any atom is -0.493 e. The maximum Gasteiger partial charge on any atom is 0.171 e. The first-order valence-electron chi connectivity index (χ1n) is 7.01. The molecule has 0 aliphatic carbocycles. The van der Waals surface area contributed by atoms with Crippen LogP contribution in [0.2, 0.25) is 0 Å². The molecule has 21 heavy (non-hydrogen) atoms. The van der Waals surface area contributed by atoms with Crippen LogP contribution in [-0.4, -0.2) is 20.0 Å². The Bertz CT molecular complexity index is 615. The third kappa shape index (κ3) is 3.43. The first kappa shape index (κ1) is 15.1. The second-order valence-electron chi connectivity index (χ2n) is 4.81. The second kappa shape index (κ2) is 6.93. The summed E-state index contributed by atoms with van der Waals surface area (Å²) in [5.74, 6) is 1.09. The van der Waals surface area contributed by atoms with Gasteiger partial charge in [-0.15, -0.1) is 0 Å². The highest BCUT2D eigenvalue weighted by atomic mass is 16.5. The fourth-order valence-electron chi connectivity index (χ4n) is 2.28. The number of aryl methyl sites for hydroxylation is 1. The molecule has 0 heterocycles. The number of rotatable bonds is 6. The minimum atomic E-state index is 0.0231. The topological polar surface area (TPSA) is 35.5 Å².